The number of phenolic OH excluding ortho intramolecular Hbond substituents is 1. The third-order valence-corrected chi connectivity index (χ3v) is 5.08. The van der Waals surface area contributed by atoms with Crippen LogP contribution < -0.4 is 10.2 Å². The average Bonchev–Trinajstić information content (AvgIpc) is 3.05. The minimum Gasteiger partial charge on any atom is -0.508 e. The summed E-state index contributed by atoms with van der Waals surface area (Å²) in [6.45, 7) is 1.22. The van der Waals surface area contributed by atoms with E-state index in [4.69, 9.17) is 0 Å². The first-order valence-electron chi connectivity index (χ1n) is 7.70. The van der Waals surface area contributed by atoms with Gasteiger partial charge in [-0.25, -0.2) is 0 Å². The van der Waals surface area contributed by atoms with Crippen molar-refractivity contribution in [2.45, 2.75) is 6.54 Å². The first-order valence-corrected chi connectivity index (χ1v) is 8.58. The summed E-state index contributed by atoms with van der Waals surface area (Å²) in [4.78, 5) is 15.1. The van der Waals surface area contributed by atoms with Crippen LogP contribution >= 0.6 is 11.3 Å². The van der Waals surface area contributed by atoms with Gasteiger partial charge >= 0.3 is 0 Å². The highest BCUT2D eigenvalue weighted by molar-refractivity contribution is 7.13. The molecule has 1 aromatic heterocycles. The van der Waals surface area contributed by atoms with Crippen molar-refractivity contribution in [3.05, 3.63) is 70.4 Å². The van der Waals surface area contributed by atoms with Crippen LogP contribution in [0, 0.1) is 0 Å². The van der Waals surface area contributed by atoms with Crippen molar-refractivity contribution in [3.63, 3.8) is 0 Å². The predicted octanol–water partition coefficient (Wildman–Crippen LogP) is 3.83. The standard InChI is InChI=1S/C19H16N2O2S/c22-15-8-6-14(7-9-15)16-11-24-18-17(16)21(12-20-19(18)23)10-13-4-2-1-3-5-13/h1-9,11,22H,10,12H2,(H,20,23). The van der Waals surface area contributed by atoms with Gasteiger partial charge in [-0.3, -0.25) is 4.79 Å². The van der Waals surface area contributed by atoms with Gasteiger partial charge in [-0.1, -0.05) is 42.5 Å². The lowest BCUT2D eigenvalue weighted by atomic mass is 10.0. The summed E-state index contributed by atoms with van der Waals surface area (Å²) in [5.41, 5.74) is 4.19. The second-order valence-electron chi connectivity index (χ2n) is 5.72. The van der Waals surface area contributed by atoms with E-state index in [2.05, 4.69) is 22.3 Å². The Morgan fingerprint density at radius 3 is 2.58 bits per heavy atom. The van der Waals surface area contributed by atoms with Gasteiger partial charge in [0.15, 0.2) is 0 Å². The Morgan fingerprint density at radius 1 is 1.08 bits per heavy atom. The van der Waals surface area contributed by atoms with Crippen LogP contribution in [0.2, 0.25) is 0 Å². The van der Waals surface area contributed by atoms with Crippen molar-refractivity contribution in [3.8, 4) is 16.9 Å². The molecule has 0 atom stereocenters. The molecule has 0 fully saturated rings. The fourth-order valence-corrected chi connectivity index (χ4v) is 3.95. The van der Waals surface area contributed by atoms with Gasteiger partial charge in [0.05, 0.1) is 12.4 Å². The van der Waals surface area contributed by atoms with E-state index in [0.717, 1.165) is 28.2 Å². The Bertz CT molecular complexity index is 872. The highest BCUT2D eigenvalue weighted by Crippen LogP contribution is 2.41. The number of hydrogen-bond acceptors (Lipinski definition) is 4. The molecule has 0 aliphatic carbocycles. The first-order chi connectivity index (χ1) is 11.7. The minimum atomic E-state index is -0.0238. The van der Waals surface area contributed by atoms with Crippen LogP contribution in [-0.2, 0) is 6.54 Å². The maximum absolute atomic E-state index is 12.2. The lowest BCUT2D eigenvalue weighted by molar-refractivity contribution is 0.0951. The number of benzene rings is 2. The van der Waals surface area contributed by atoms with Crippen LogP contribution in [0.5, 0.6) is 5.75 Å². The SMILES string of the molecule is O=C1NCN(Cc2ccccc2)c2c(-c3ccc(O)cc3)csc21. The Labute approximate surface area is 144 Å². The number of thiophene rings is 1. The topological polar surface area (TPSA) is 52.6 Å². The number of nitrogens with one attached hydrogen (secondary N) is 1. The molecule has 24 heavy (non-hydrogen) atoms. The summed E-state index contributed by atoms with van der Waals surface area (Å²) in [6.07, 6.45) is 0. The van der Waals surface area contributed by atoms with Gasteiger partial charge in [0.25, 0.3) is 5.91 Å². The molecule has 0 radical (unpaired) electrons. The van der Waals surface area contributed by atoms with Crippen molar-refractivity contribution in [2.24, 2.45) is 0 Å². The van der Waals surface area contributed by atoms with Gasteiger partial charge in [-0.05, 0) is 23.3 Å². The summed E-state index contributed by atoms with van der Waals surface area (Å²) in [5, 5.41) is 14.5. The highest BCUT2D eigenvalue weighted by Gasteiger charge is 2.28. The molecule has 1 aliphatic heterocycles. The number of amides is 1. The Kier molecular flexibility index (Phi) is 3.70. The number of phenols is 1. The van der Waals surface area contributed by atoms with Crippen LogP contribution in [0.15, 0.2) is 60.0 Å². The smallest absolute Gasteiger partial charge is 0.264 e. The summed E-state index contributed by atoms with van der Waals surface area (Å²) in [6, 6.07) is 17.3. The molecule has 1 amide bonds. The Morgan fingerprint density at radius 2 is 1.83 bits per heavy atom. The third kappa shape index (κ3) is 2.63. The zero-order valence-electron chi connectivity index (χ0n) is 12.9. The monoisotopic (exact) mass is 336 g/mol. The van der Waals surface area contributed by atoms with E-state index in [1.807, 2.05) is 35.7 Å². The molecule has 1 aliphatic rings. The zero-order chi connectivity index (χ0) is 16.5. The van der Waals surface area contributed by atoms with Crippen LogP contribution in [0.4, 0.5) is 5.69 Å². The van der Waals surface area contributed by atoms with Crippen LogP contribution in [0.1, 0.15) is 15.2 Å². The number of aromatic hydroxyl groups is 1. The number of anilines is 1. The quantitative estimate of drug-likeness (QED) is 0.764. The lowest BCUT2D eigenvalue weighted by Gasteiger charge is -2.30. The molecule has 4 rings (SSSR count). The highest BCUT2D eigenvalue weighted by atomic mass is 32.1. The molecule has 120 valence electrons. The van der Waals surface area contributed by atoms with Gasteiger partial charge in [0.2, 0.25) is 0 Å². The number of nitrogens with zero attached hydrogens (tertiary/aromatic N) is 1. The molecule has 0 bridgehead atoms. The molecule has 0 saturated heterocycles. The molecular formula is C19H16N2O2S. The van der Waals surface area contributed by atoms with E-state index < -0.39 is 0 Å². The minimum absolute atomic E-state index is 0.0238. The van der Waals surface area contributed by atoms with Crippen LogP contribution in [-0.4, -0.2) is 17.7 Å². The van der Waals surface area contributed by atoms with Crippen LogP contribution in [0.25, 0.3) is 11.1 Å². The van der Waals surface area contributed by atoms with E-state index in [0.29, 0.717) is 6.67 Å². The number of carbonyl (C=O) groups excluding carboxylic acids is 1. The fourth-order valence-electron chi connectivity index (χ4n) is 2.94. The van der Waals surface area contributed by atoms with Gasteiger partial charge in [0, 0.05) is 17.5 Å². The fraction of sp³-hybridized carbons (Fsp3) is 0.105. The van der Waals surface area contributed by atoms with Crippen molar-refractivity contribution in [2.75, 3.05) is 11.6 Å². The van der Waals surface area contributed by atoms with Gasteiger partial charge in [0.1, 0.15) is 10.6 Å². The number of fused-ring (bicyclic) bond motifs is 1. The second-order valence-corrected chi connectivity index (χ2v) is 6.60. The third-order valence-electron chi connectivity index (χ3n) is 4.11. The van der Waals surface area contributed by atoms with Crippen molar-refractivity contribution >= 4 is 22.9 Å². The normalized spacial score (nSPS) is 13.5. The molecular weight excluding hydrogens is 320 g/mol. The largest absolute Gasteiger partial charge is 0.508 e. The maximum Gasteiger partial charge on any atom is 0.264 e. The van der Waals surface area contributed by atoms with E-state index in [1.165, 1.54) is 16.9 Å². The van der Waals surface area contributed by atoms with E-state index >= 15 is 0 Å². The molecule has 0 saturated carbocycles. The Hall–Kier alpha value is -2.79. The predicted molar refractivity (Wildman–Crippen MR) is 96.4 cm³/mol. The molecule has 5 heteroatoms. The van der Waals surface area contributed by atoms with Crippen LogP contribution in [0.3, 0.4) is 0 Å². The van der Waals surface area contributed by atoms with Crippen molar-refractivity contribution in [1.29, 1.82) is 0 Å². The zero-order valence-corrected chi connectivity index (χ0v) is 13.7. The van der Waals surface area contributed by atoms with Gasteiger partial charge in [-0.2, -0.15) is 0 Å². The van der Waals surface area contributed by atoms with Gasteiger partial charge in [-0.15, -0.1) is 11.3 Å². The average molecular weight is 336 g/mol. The maximum atomic E-state index is 12.2. The van der Waals surface area contributed by atoms with E-state index in [-0.39, 0.29) is 11.7 Å². The van der Waals surface area contributed by atoms with Crippen molar-refractivity contribution < 1.29 is 9.90 Å². The van der Waals surface area contributed by atoms with Gasteiger partial charge < -0.3 is 15.3 Å². The van der Waals surface area contributed by atoms with Crippen molar-refractivity contribution in [1.82, 2.24) is 5.32 Å². The molecule has 0 spiro atoms. The number of carbonyl (C=O) groups is 1. The lowest BCUT2D eigenvalue weighted by Crippen LogP contribution is -2.42. The molecule has 4 nitrogen and oxygen atoms in total. The van der Waals surface area contributed by atoms with E-state index in [1.54, 1.807) is 12.1 Å². The number of rotatable bonds is 3. The molecule has 2 N–H and O–H groups in total. The summed E-state index contributed by atoms with van der Waals surface area (Å²) in [5.74, 6) is 0.214. The summed E-state index contributed by atoms with van der Waals surface area (Å²) >= 11 is 1.46. The molecule has 3 aromatic rings. The molecule has 2 heterocycles. The number of hydrogen-bond donors (Lipinski definition) is 2. The Balaban J connectivity index is 1.76. The summed E-state index contributed by atoms with van der Waals surface area (Å²) in [7, 11) is 0. The first kappa shape index (κ1) is 14.8. The van der Waals surface area contributed by atoms with E-state index in [9.17, 15) is 9.90 Å². The molecule has 2 aromatic carbocycles. The summed E-state index contributed by atoms with van der Waals surface area (Å²) < 4.78 is 0. The molecule has 0 unspecified atom stereocenters. The second kappa shape index (κ2) is 6.02.